The van der Waals surface area contributed by atoms with E-state index in [0.29, 0.717) is 10.7 Å². The largest absolute Gasteiger partial charge is 0.480 e. The Balaban J connectivity index is 2.53. The topological polar surface area (TPSA) is 92.4 Å². The normalized spacial score (nSPS) is 12.8. The van der Waals surface area contributed by atoms with Crippen LogP contribution >= 0.6 is 23.4 Å². The zero-order valence-corrected chi connectivity index (χ0v) is 12.8. The summed E-state index contributed by atoms with van der Waals surface area (Å²) in [4.78, 5) is 22.7. The predicted octanol–water partition coefficient (Wildman–Crippen LogP) is 2.20. The molecule has 1 aromatic carbocycles. The fourth-order valence-electron chi connectivity index (χ4n) is 1.40. The molecule has 0 aliphatic heterocycles. The lowest BCUT2D eigenvalue weighted by molar-refractivity contribution is -0.139. The van der Waals surface area contributed by atoms with Gasteiger partial charge in [-0.25, -0.2) is 0 Å². The van der Waals surface area contributed by atoms with Gasteiger partial charge in [-0.1, -0.05) is 17.7 Å². The lowest BCUT2D eigenvalue weighted by Crippen LogP contribution is -2.47. The van der Waals surface area contributed by atoms with E-state index in [1.165, 1.54) is 11.8 Å². The number of carbonyl (C=O) groups excluding carboxylic acids is 1. The van der Waals surface area contributed by atoms with Gasteiger partial charge in [-0.05, 0) is 32.0 Å². The minimum Gasteiger partial charge on any atom is -0.480 e. The highest BCUT2D eigenvalue weighted by atomic mass is 35.5. The Labute approximate surface area is 126 Å². The maximum Gasteiger partial charge on any atom is 0.321 e. The Hall–Kier alpha value is -1.24. The van der Waals surface area contributed by atoms with E-state index >= 15 is 0 Å². The summed E-state index contributed by atoms with van der Waals surface area (Å²) in [6, 6.07) is 5.77. The summed E-state index contributed by atoms with van der Waals surface area (Å²) in [5.41, 5.74) is 6.18. The van der Waals surface area contributed by atoms with E-state index in [1.807, 2.05) is 0 Å². The lowest BCUT2D eigenvalue weighted by atomic mass is 10.1. The molecule has 0 aliphatic carbocycles. The number of nitrogens with one attached hydrogen (secondary N) is 1. The van der Waals surface area contributed by atoms with E-state index in [0.717, 1.165) is 0 Å². The van der Waals surface area contributed by atoms with Crippen LogP contribution in [-0.4, -0.2) is 33.5 Å². The second kappa shape index (κ2) is 6.97. The van der Waals surface area contributed by atoms with Crippen molar-refractivity contribution < 1.29 is 14.7 Å². The fraction of sp³-hybridized carbons (Fsp3) is 0.385. The van der Waals surface area contributed by atoms with Crippen LogP contribution in [0.3, 0.4) is 0 Å². The van der Waals surface area contributed by atoms with E-state index in [2.05, 4.69) is 5.32 Å². The maximum atomic E-state index is 11.8. The number of hydrogen-bond donors (Lipinski definition) is 3. The molecular weight excluding hydrogens is 300 g/mol. The molecule has 0 saturated carbocycles. The second-order valence-electron chi connectivity index (χ2n) is 4.77. The lowest BCUT2D eigenvalue weighted by Gasteiger charge is -2.27. The van der Waals surface area contributed by atoms with Crippen molar-refractivity contribution in [2.75, 3.05) is 11.1 Å². The zero-order chi connectivity index (χ0) is 15.3. The molecule has 1 amide bonds. The van der Waals surface area contributed by atoms with E-state index in [9.17, 15) is 9.59 Å². The van der Waals surface area contributed by atoms with Gasteiger partial charge in [0.25, 0.3) is 0 Å². The number of hydrogen-bond acceptors (Lipinski definition) is 4. The number of thioether (sulfide) groups is 1. The van der Waals surface area contributed by atoms with Crippen LogP contribution in [0.5, 0.6) is 0 Å². The van der Waals surface area contributed by atoms with Crippen molar-refractivity contribution in [3.05, 3.63) is 29.3 Å². The number of benzene rings is 1. The smallest absolute Gasteiger partial charge is 0.321 e. The van der Waals surface area contributed by atoms with Crippen molar-refractivity contribution in [2.24, 2.45) is 5.73 Å². The van der Waals surface area contributed by atoms with E-state index in [-0.39, 0.29) is 11.7 Å². The Morgan fingerprint density at radius 3 is 2.70 bits per heavy atom. The first-order chi connectivity index (χ1) is 9.22. The summed E-state index contributed by atoms with van der Waals surface area (Å²) in [5.74, 6) is -1.21. The Bertz CT molecular complexity index is 508. The second-order valence-corrected chi connectivity index (χ2v) is 6.83. The molecular formula is C13H17ClN2O3S. The van der Waals surface area contributed by atoms with E-state index < -0.39 is 16.8 Å². The highest BCUT2D eigenvalue weighted by Crippen LogP contribution is 2.27. The van der Waals surface area contributed by atoms with Crippen molar-refractivity contribution in [3.8, 4) is 0 Å². The SMILES string of the molecule is CC(C)(SCC(=O)Nc1cccc(Cl)c1)[C@H](N)C(=O)O. The van der Waals surface area contributed by atoms with Crippen LogP contribution in [0, 0.1) is 0 Å². The first kappa shape index (κ1) is 16.8. The van der Waals surface area contributed by atoms with E-state index in [1.54, 1.807) is 38.1 Å². The standard InChI is InChI=1S/C13H17ClN2O3S/c1-13(2,11(15)12(18)19)20-7-10(17)16-9-5-3-4-8(14)6-9/h3-6,11H,7,15H2,1-2H3,(H,16,17)(H,18,19)/t11-/m1/s1. The molecule has 110 valence electrons. The Morgan fingerprint density at radius 2 is 2.15 bits per heavy atom. The fourth-order valence-corrected chi connectivity index (χ4v) is 2.45. The third-order valence-electron chi connectivity index (χ3n) is 2.70. The minimum atomic E-state index is -1.09. The summed E-state index contributed by atoms with van der Waals surface area (Å²) in [6.45, 7) is 3.40. The maximum absolute atomic E-state index is 11.8. The van der Waals surface area contributed by atoms with Crippen LogP contribution in [-0.2, 0) is 9.59 Å². The summed E-state index contributed by atoms with van der Waals surface area (Å²) in [5, 5.41) is 12.1. The van der Waals surface area contributed by atoms with Gasteiger partial charge in [0.15, 0.2) is 0 Å². The number of nitrogens with two attached hydrogens (primary N) is 1. The van der Waals surface area contributed by atoms with Crippen LogP contribution < -0.4 is 11.1 Å². The van der Waals surface area contributed by atoms with Crippen LogP contribution in [0.1, 0.15) is 13.8 Å². The quantitative estimate of drug-likeness (QED) is 0.748. The molecule has 0 radical (unpaired) electrons. The number of amides is 1. The number of aliphatic carboxylic acids is 1. The van der Waals surface area contributed by atoms with Gasteiger partial charge in [-0.2, -0.15) is 0 Å². The highest BCUT2D eigenvalue weighted by molar-refractivity contribution is 8.01. The monoisotopic (exact) mass is 316 g/mol. The molecule has 0 fully saturated rings. The number of anilines is 1. The van der Waals surface area contributed by atoms with Gasteiger partial charge in [0.05, 0.1) is 5.75 Å². The molecule has 4 N–H and O–H groups in total. The molecule has 0 bridgehead atoms. The van der Waals surface area contributed by atoms with Crippen molar-refractivity contribution in [2.45, 2.75) is 24.6 Å². The van der Waals surface area contributed by atoms with E-state index in [4.69, 9.17) is 22.4 Å². The molecule has 7 heteroatoms. The minimum absolute atomic E-state index is 0.112. The summed E-state index contributed by atoms with van der Waals surface area (Å²) >= 11 is 7.01. The van der Waals surface area contributed by atoms with Gasteiger partial charge in [-0.15, -0.1) is 11.8 Å². The van der Waals surface area contributed by atoms with Gasteiger partial charge in [0, 0.05) is 15.5 Å². The summed E-state index contributed by atoms with van der Waals surface area (Å²) in [7, 11) is 0. The number of rotatable bonds is 6. The van der Waals surface area contributed by atoms with Gasteiger partial charge in [0.1, 0.15) is 6.04 Å². The molecule has 0 heterocycles. The molecule has 5 nitrogen and oxygen atoms in total. The van der Waals surface area contributed by atoms with Crippen LogP contribution in [0.15, 0.2) is 24.3 Å². The zero-order valence-electron chi connectivity index (χ0n) is 11.2. The van der Waals surface area contributed by atoms with Crippen molar-refractivity contribution in [1.82, 2.24) is 0 Å². The van der Waals surface area contributed by atoms with Crippen molar-refractivity contribution in [1.29, 1.82) is 0 Å². The molecule has 20 heavy (non-hydrogen) atoms. The molecule has 0 unspecified atom stereocenters. The molecule has 1 rings (SSSR count). The molecule has 1 aromatic rings. The van der Waals surface area contributed by atoms with Gasteiger partial charge in [-0.3, -0.25) is 9.59 Å². The molecule has 0 aromatic heterocycles. The number of carboxylic acid groups (broad SMARTS) is 1. The van der Waals surface area contributed by atoms with Crippen molar-refractivity contribution in [3.63, 3.8) is 0 Å². The first-order valence-electron chi connectivity index (χ1n) is 5.90. The molecule has 1 atom stereocenters. The summed E-state index contributed by atoms with van der Waals surface area (Å²) < 4.78 is -0.739. The third kappa shape index (κ3) is 5.03. The molecule has 0 saturated heterocycles. The third-order valence-corrected chi connectivity index (χ3v) is 4.34. The van der Waals surface area contributed by atoms with Crippen LogP contribution in [0.4, 0.5) is 5.69 Å². The van der Waals surface area contributed by atoms with Gasteiger partial charge < -0.3 is 16.2 Å². The molecule has 0 spiro atoms. The Morgan fingerprint density at radius 1 is 1.50 bits per heavy atom. The van der Waals surface area contributed by atoms with Crippen LogP contribution in [0.25, 0.3) is 0 Å². The summed E-state index contributed by atoms with van der Waals surface area (Å²) in [6.07, 6.45) is 0. The number of carboxylic acids is 1. The molecule has 0 aliphatic rings. The van der Waals surface area contributed by atoms with Gasteiger partial charge >= 0.3 is 5.97 Å². The number of halogens is 1. The van der Waals surface area contributed by atoms with Crippen molar-refractivity contribution >= 4 is 40.9 Å². The Kier molecular flexibility index (Phi) is 5.86. The predicted molar refractivity (Wildman–Crippen MR) is 82.2 cm³/mol. The van der Waals surface area contributed by atoms with Gasteiger partial charge in [0.2, 0.25) is 5.91 Å². The average Bonchev–Trinajstić information content (AvgIpc) is 2.35. The first-order valence-corrected chi connectivity index (χ1v) is 7.26. The average molecular weight is 317 g/mol. The highest BCUT2D eigenvalue weighted by Gasteiger charge is 2.33. The van der Waals surface area contributed by atoms with Crippen LogP contribution in [0.2, 0.25) is 5.02 Å². The number of carbonyl (C=O) groups is 2.